The zero-order valence-electron chi connectivity index (χ0n) is 22.9. The van der Waals surface area contributed by atoms with Crippen molar-refractivity contribution in [1.29, 1.82) is 5.41 Å². The number of fused-ring (bicyclic) bond motifs is 1. The van der Waals surface area contributed by atoms with Gasteiger partial charge in [-0.25, -0.2) is 14.5 Å². The van der Waals surface area contributed by atoms with E-state index < -0.39 is 11.5 Å². The van der Waals surface area contributed by atoms with Gasteiger partial charge in [0.05, 0.1) is 34.5 Å². The van der Waals surface area contributed by atoms with E-state index in [9.17, 15) is 9.59 Å². The third-order valence-electron chi connectivity index (χ3n) is 6.44. The molecule has 0 fully saturated rings. The molecule has 14 heteroatoms. The van der Waals surface area contributed by atoms with Crippen molar-refractivity contribution in [3.8, 4) is 17.1 Å². The number of aromatic amines is 1. The minimum atomic E-state index is -0.739. The fraction of sp³-hybridized carbons (Fsp3) is 0.214. The van der Waals surface area contributed by atoms with Gasteiger partial charge in [-0.15, -0.1) is 9.73 Å². The zero-order chi connectivity index (χ0) is 30.3. The normalized spacial score (nSPS) is 12.1. The fourth-order valence-corrected chi connectivity index (χ4v) is 5.60. The van der Waals surface area contributed by atoms with Crippen molar-refractivity contribution in [2.24, 2.45) is 0 Å². The molecule has 0 atom stereocenters. The van der Waals surface area contributed by atoms with Gasteiger partial charge in [-0.2, -0.15) is 5.10 Å². The molecule has 0 unspecified atom stereocenters. The van der Waals surface area contributed by atoms with Crippen LogP contribution in [0.2, 0.25) is 15.1 Å². The van der Waals surface area contributed by atoms with E-state index in [4.69, 9.17) is 54.7 Å². The first kappa shape index (κ1) is 29.3. The molecule has 0 aliphatic heterocycles. The number of nitrogens with one attached hydrogen (secondary N) is 2. The highest BCUT2D eigenvalue weighted by atomic mass is 35.5. The van der Waals surface area contributed by atoms with Gasteiger partial charge >= 0.3 is 5.97 Å². The lowest BCUT2D eigenvalue weighted by molar-refractivity contribution is 0.0518. The van der Waals surface area contributed by atoms with Crippen LogP contribution in [0.15, 0.2) is 41.2 Å². The average Bonchev–Trinajstić information content (AvgIpc) is 3.58. The molecular weight excluding hydrogens is 605 g/mol. The molecule has 0 aliphatic rings. The molecule has 0 saturated heterocycles. The van der Waals surface area contributed by atoms with Crippen molar-refractivity contribution in [2.75, 3.05) is 13.2 Å². The van der Waals surface area contributed by atoms with Crippen LogP contribution in [0, 0.1) is 12.3 Å². The van der Waals surface area contributed by atoms with Gasteiger partial charge in [0.1, 0.15) is 5.69 Å². The number of hydrogen-bond acceptors (Lipinski definition) is 8. The number of hydrogen-bond donors (Lipinski definition) is 2. The monoisotopic (exact) mass is 627 g/mol. The van der Waals surface area contributed by atoms with Crippen LogP contribution < -0.4 is 10.8 Å². The number of ether oxygens (including phenoxy) is 2. The summed E-state index contributed by atoms with van der Waals surface area (Å²) < 4.78 is 13.0. The molecule has 3 heterocycles. The highest BCUT2D eigenvalue weighted by Gasteiger charge is 2.27. The van der Waals surface area contributed by atoms with Gasteiger partial charge in [0, 0.05) is 21.4 Å². The number of halogens is 3. The first-order valence-electron chi connectivity index (χ1n) is 12.8. The molecule has 2 aromatic carbocycles. The second-order valence-electron chi connectivity index (χ2n) is 9.11. The van der Waals surface area contributed by atoms with Crippen molar-refractivity contribution >= 4 is 57.9 Å². The predicted octanol–water partition coefficient (Wildman–Crippen LogP) is 5.02. The summed E-state index contributed by atoms with van der Waals surface area (Å²) in [7, 11) is 0. The number of benzene rings is 2. The summed E-state index contributed by atoms with van der Waals surface area (Å²) in [5.41, 5.74) is 2.14. The van der Waals surface area contributed by atoms with Crippen LogP contribution >= 0.6 is 34.8 Å². The molecule has 0 aliphatic carbocycles. The van der Waals surface area contributed by atoms with Crippen molar-refractivity contribution in [1.82, 2.24) is 29.6 Å². The van der Waals surface area contributed by atoms with E-state index in [1.165, 1.54) is 16.8 Å². The van der Waals surface area contributed by atoms with E-state index in [1.807, 2.05) is 6.92 Å². The highest BCUT2D eigenvalue weighted by Crippen LogP contribution is 2.32. The topological polar surface area (TPSA) is 140 Å². The smallest absolute Gasteiger partial charge is 0.357 e. The van der Waals surface area contributed by atoms with Gasteiger partial charge in [0.15, 0.2) is 17.2 Å². The number of nitrogens with zero attached hydrogens (tertiary/aromatic N) is 5. The van der Waals surface area contributed by atoms with Gasteiger partial charge in [-0.3, -0.25) is 15.3 Å². The van der Waals surface area contributed by atoms with Crippen LogP contribution in [0.1, 0.15) is 48.1 Å². The molecule has 0 bridgehead atoms. The van der Waals surface area contributed by atoms with Crippen LogP contribution in [0.25, 0.3) is 28.3 Å². The Labute approximate surface area is 254 Å². The molecular formula is C28H24Cl3N7O4. The molecule has 216 valence electrons. The lowest BCUT2D eigenvalue weighted by Crippen LogP contribution is -2.21. The first-order chi connectivity index (χ1) is 20.0. The summed E-state index contributed by atoms with van der Waals surface area (Å²) in [5, 5.41) is 20.8. The summed E-state index contributed by atoms with van der Waals surface area (Å²) >= 11 is 18.9. The molecule has 11 nitrogen and oxygen atoms in total. The van der Waals surface area contributed by atoms with Crippen molar-refractivity contribution in [3.05, 3.63) is 89.6 Å². The minimum absolute atomic E-state index is 0.0388. The maximum Gasteiger partial charge on any atom is 0.357 e. The quantitative estimate of drug-likeness (QED) is 0.147. The fourth-order valence-electron chi connectivity index (χ4n) is 4.61. The van der Waals surface area contributed by atoms with E-state index in [0.717, 1.165) is 4.68 Å². The molecule has 5 rings (SSSR count). The van der Waals surface area contributed by atoms with E-state index in [-0.39, 0.29) is 44.5 Å². The highest BCUT2D eigenvalue weighted by molar-refractivity contribution is 6.40. The number of esters is 1. The first-order valence-corrected chi connectivity index (χ1v) is 13.9. The Morgan fingerprint density at radius 3 is 2.29 bits per heavy atom. The standard InChI is InChI=1S/C28H24Cl3N7O4/c1-5-41-24(32)15-7-9-16(10-8-15)25-33-26-20(14(4)34-38(26)36-25)13(3)21-22(28(40)42-6-2)35-37(27(21)39)23-18(30)11-17(29)12-19(23)31/h7-12,32,35H,5-6H2,1-4H3/b20-13-,32-24?. The molecule has 0 radical (unpaired) electrons. The summed E-state index contributed by atoms with van der Waals surface area (Å²) in [6.45, 7) is 7.40. The van der Waals surface area contributed by atoms with Crippen molar-refractivity contribution in [3.63, 3.8) is 0 Å². The van der Waals surface area contributed by atoms with E-state index in [1.54, 1.807) is 45.0 Å². The van der Waals surface area contributed by atoms with Gasteiger partial charge in [-0.05, 0) is 57.5 Å². The lowest BCUT2D eigenvalue weighted by atomic mass is 10.1. The van der Waals surface area contributed by atoms with E-state index in [2.05, 4.69) is 15.3 Å². The number of carbonyl (C=O) groups excluding carboxylic acids is 1. The summed E-state index contributed by atoms with van der Waals surface area (Å²) in [6, 6.07) is 9.94. The molecule has 0 amide bonds. The maximum atomic E-state index is 13.9. The van der Waals surface area contributed by atoms with Crippen LogP contribution in [-0.2, 0) is 9.47 Å². The SMILES string of the molecule is CCOC(=N)c1ccc(-c2nc3/c(=C(/C)c4c(C(=O)OCC)[nH]n(-c5c(Cl)cc(Cl)cc5Cl)c4=O)c(C)nn3n2)cc1. The average molecular weight is 629 g/mol. The predicted molar refractivity (Wildman–Crippen MR) is 160 cm³/mol. The third kappa shape index (κ3) is 5.15. The Morgan fingerprint density at radius 2 is 1.67 bits per heavy atom. The molecule has 5 aromatic rings. The summed E-state index contributed by atoms with van der Waals surface area (Å²) in [6.07, 6.45) is 0. The molecule has 0 spiro atoms. The second-order valence-corrected chi connectivity index (χ2v) is 10.4. The van der Waals surface area contributed by atoms with E-state index in [0.29, 0.717) is 45.7 Å². The maximum absolute atomic E-state index is 13.9. The van der Waals surface area contributed by atoms with Crippen LogP contribution in [-0.4, -0.2) is 54.7 Å². The van der Waals surface area contributed by atoms with E-state index >= 15 is 0 Å². The van der Waals surface area contributed by atoms with Gasteiger partial charge < -0.3 is 9.47 Å². The van der Waals surface area contributed by atoms with Crippen LogP contribution in [0.3, 0.4) is 0 Å². The Kier molecular flexibility index (Phi) is 8.09. The number of rotatable bonds is 7. The van der Waals surface area contributed by atoms with Gasteiger partial charge in [-0.1, -0.05) is 46.9 Å². The minimum Gasteiger partial charge on any atom is -0.478 e. The number of carbonyl (C=O) groups is 1. The van der Waals surface area contributed by atoms with Crippen molar-refractivity contribution < 1.29 is 14.3 Å². The number of H-pyrrole nitrogens is 1. The molecule has 0 saturated carbocycles. The second kappa shape index (κ2) is 11.6. The third-order valence-corrected chi connectivity index (χ3v) is 7.23. The summed E-state index contributed by atoms with van der Waals surface area (Å²) in [4.78, 5) is 31.6. The Balaban J connectivity index is 1.70. The number of aryl methyl sites for hydroxylation is 1. The molecule has 2 N–H and O–H groups in total. The largest absolute Gasteiger partial charge is 0.478 e. The number of aromatic nitrogens is 6. The Morgan fingerprint density at radius 1 is 1.02 bits per heavy atom. The Hall–Kier alpha value is -4.19. The Bertz CT molecular complexity index is 1950. The zero-order valence-corrected chi connectivity index (χ0v) is 25.1. The van der Waals surface area contributed by atoms with Crippen LogP contribution in [0.4, 0.5) is 0 Å². The van der Waals surface area contributed by atoms with Gasteiger partial charge in [0.2, 0.25) is 5.90 Å². The molecule has 3 aromatic heterocycles. The molecule has 42 heavy (non-hydrogen) atoms. The van der Waals surface area contributed by atoms with Crippen molar-refractivity contribution in [2.45, 2.75) is 27.7 Å². The van der Waals surface area contributed by atoms with Crippen LogP contribution in [0.5, 0.6) is 0 Å². The lowest BCUT2D eigenvalue weighted by Gasteiger charge is -2.08. The summed E-state index contributed by atoms with van der Waals surface area (Å²) in [5.74, 6) is -0.282. The van der Waals surface area contributed by atoms with Gasteiger partial charge in [0.25, 0.3) is 5.56 Å².